The fourth-order valence-electron chi connectivity index (χ4n) is 2.67. The van der Waals surface area contributed by atoms with Crippen molar-refractivity contribution < 1.29 is 0 Å². The summed E-state index contributed by atoms with van der Waals surface area (Å²) in [5, 5.41) is 7.38. The third-order valence-electron chi connectivity index (χ3n) is 3.79. The summed E-state index contributed by atoms with van der Waals surface area (Å²) in [6, 6.07) is 0.564. The van der Waals surface area contributed by atoms with Crippen molar-refractivity contribution in [2.45, 2.75) is 39.3 Å². The zero-order valence-electron chi connectivity index (χ0n) is 13.0. The Balaban J connectivity index is 0.00000220. The molecule has 0 amide bonds. The number of likely N-dealkylation sites (N-methyl/N-ethyl adjacent to an activating group) is 1. The number of aryl methyl sites for hydroxylation is 1. The second-order valence-electron chi connectivity index (χ2n) is 5.36. The largest absolute Gasteiger partial charge is 0.370 e. The summed E-state index contributed by atoms with van der Waals surface area (Å²) in [6.45, 7) is 8.89. The van der Waals surface area contributed by atoms with Gasteiger partial charge in [0, 0.05) is 18.8 Å². The number of halogens is 1. The molecular formula is C14H27IN6. The van der Waals surface area contributed by atoms with Crippen molar-refractivity contribution in [1.82, 2.24) is 20.0 Å². The average molecular weight is 406 g/mol. The summed E-state index contributed by atoms with van der Waals surface area (Å²) in [5.41, 5.74) is 7.07. The van der Waals surface area contributed by atoms with Crippen molar-refractivity contribution in [3.05, 3.63) is 18.0 Å². The van der Waals surface area contributed by atoms with Gasteiger partial charge in [-0.15, -0.1) is 24.0 Å². The number of likely N-dealkylation sites (tertiary alicyclic amines) is 1. The molecule has 1 atom stereocenters. The van der Waals surface area contributed by atoms with Crippen molar-refractivity contribution in [1.29, 1.82) is 0 Å². The van der Waals surface area contributed by atoms with Gasteiger partial charge >= 0.3 is 0 Å². The van der Waals surface area contributed by atoms with E-state index in [0.29, 0.717) is 12.0 Å². The number of rotatable bonds is 6. The normalized spacial score (nSPS) is 19.5. The van der Waals surface area contributed by atoms with Crippen molar-refractivity contribution >= 4 is 29.9 Å². The zero-order valence-corrected chi connectivity index (χ0v) is 15.3. The molecule has 1 fully saturated rings. The molecule has 21 heavy (non-hydrogen) atoms. The highest BCUT2D eigenvalue weighted by atomic mass is 127. The molecule has 0 spiro atoms. The molecule has 120 valence electrons. The van der Waals surface area contributed by atoms with Crippen LogP contribution in [0.15, 0.2) is 17.4 Å². The van der Waals surface area contributed by atoms with Crippen LogP contribution in [0.1, 0.15) is 25.3 Å². The quantitative estimate of drug-likeness (QED) is 0.423. The van der Waals surface area contributed by atoms with Crippen LogP contribution in [0.3, 0.4) is 0 Å². The summed E-state index contributed by atoms with van der Waals surface area (Å²) < 4.78 is 1.91. The Hall–Kier alpha value is -0.830. The first-order valence-corrected chi connectivity index (χ1v) is 7.46. The van der Waals surface area contributed by atoms with Crippen LogP contribution in [0, 0.1) is 6.92 Å². The van der Waals surface area contributed by atoms with Gasteiger partial charge in [-0.1, -0.05) is 6.92 Å². The van der Waals surface area contributed by atoms with E-state index in [9.17, 15) is 0 Å². The molecule has 2 heterocycles. The Labute approximate surface area is 144 Å². The monoisotopic (exact) mass is 406 g/mol. The molecule has 1 saturated heterocycles. The Bertz CT molecular complexity index is 444. The van der Waals surface area contributed by atoms with Gasteiger partial charge in [-0.25, -0.2) is 0 Å². The number of hydrogen-bond acceptors (Lipinski definition) is 3. The van der Waals surface area contributed by atoms with Gasteiger partial charge in [0.2, 0.25) is 0 Å². The van der Waals surface area contributed by atoms with E-state index >= 15 is 0 Å². The van der Waals surface area contributed by atoms with Crippen molar-refractivity contribution in [2.75, 3.05) is 26.2 Å². The lowest BCUT2D eigenvalue weighted by molar-refractivity contribution is 0.273. The number of nitrogens with zero attached hydrogens (tertiary/aromatic N) is 4. The van der Waals surface area contributed by atoms with Crippen molar-refractivity contribution in [2.24, 2.45) is 10.7 Å². The zero-order chi connectivity index (χ0) is 14.4. The van der Waals surface area contributed by atoms with Gasteiger partial charge in [0.1, 0.15) is 0 Å². The van der Waals surface area contributed by atoms with E-state index < -0.39 is 0 Å². The molecule has 1 aliphatic rings. The Kier molecular flexibility index (Phi) is 8.02. The minimum Gasteiger partial charge on any atom is -0.370 e. The van der Waals surface area contributed by atoms with Crippen LogP contribution in [-0.2, 0) is 6.54 Å². The van der Waals surface area contributed by atoms with Gasteiger partial charge < -0.3 is 11.1 Å². The third-order valence-corrected chi connectivity index (χ3v) is 3.79. The smallest absolute Gasteiger partial charge is 0.188 e. The van der Waals surface area contributed by atoms with E-state index in [1.807, 2.05) is 24.0 Å². The molecule has 0 aliphatic carbocycles. The lowest BCUT2D eigenvalue weighted by atomic mass is 10.2. The van der Waals surface area contributed by atoms with Gasteiger partial charge in [0.15, 0.2) is 5.96 Å². The molecule has 0 radical (unpaired) electrons. The van der Waals surface area contributed by atoms with E-state index in [1.54, 1.807) is 0 Å². The summed E-state index contributed by atoms with van der Waals surface area (Å²) in [4.78, 5) is 6.93. The van der Waals surface area contributed by atoms with Gasteiger partial charge in [0.05, 0.1) is 19.3 Å². The summed E-state index contributed by atoms with van der Waals surface area (Å²) in [6.07, 6.45) is 6.39. The summed E-state index contributed by atoms with van der Waals surface area (Å²) in [7, 11) is 0. The molecular weight excluding hydrogens is 379 g/mol. The standard InChI is InChI=1S/C14H26N6.HI/c1-3-19-7-4-5-13(19)10-17-14(15)16-6-8-20-11-12(2)9-18-20;/h9,11,13H,3-8,10H2,1-2H3,(H3,15,16,17);1H. The maximum Gasteiger partial charge on any atom is 0.188 e. The first kappa shape index (κ1) is 18.2. The van der Waals surface area contributed by atoms with Gasteiger partial charge in [-0.2, -0.15) is 5.10 Å². The molecule has 1 aromatic rings. The van der Waals surface area contributed by atoms with Gasteiger partial charge in [-0.05, 0) is 38.4 Å². The van der Waals surface area contributed by atoms with Gasteiger partial charge in [0.25, 0.3) is 0 Å². The van der Waals surface area contributed by atoms with Crippen LogP contribution < -0.4 is 11.1 Å². The molecule has 7 heteroatoms. The number of nitrogens with two attached hydrogens (primary N) is 1. The number of aromatic nitrogens is 2. The topological polar surface area (TPSA) is 71.5 Å². The Morgan fingerprint density at radius 1 is 1.57 bits per heavy atom. The van der Waals surface area contributed by atoms with Crippen molar-refractivity contribution in [3.63, 3.8) is 0 Å². The summed E-state index contributed by atoms with van der Waals surface area (Å²) >= 11 is 0. The fraction of sp³-hybridized carbons (Fsp3) is 0.714. The highest BCUT2D eigenvalue weighted by molar-refractivity contribution is 14.0. The van der Waals surface area contributed by atoms with Crippen LogP contribution in [0.2, 0.25) is 0 Å². The molecule has 2 rings (SSSR count). The predicted molar refractivity (Wildman–Crippen MR) is 97.1 cm³/mol. The lowest BCUT2D eigenvalue weighted by Crippen LogP contribution is -2.37. The SMILES string of the molecule is CCN1CCCC1CN=C(N)NCCn1cc(C)cn1.I. The van der Waals surface area contributed by atoms with Crippen molar-refractivity contribution in [3.8, 4) is 0 Å². The highest BCUT2D eigenvalue weighted by Crippen LogP contribution is 2.16. The Morgan fingerprint density at radius 3 is 3.05 bits per heavy atom. The molecule has 1 unspecified atom stereocenters. The fourth-order valence-corrected chi connectivity index (χ4v) is 2.67. The van der Waals surface area contributed by atoms with Crippen LogP contribution in [-0.4, -0.2) is 52.9 Å². The lowest BCUT2D eigenvalue weighted by Gasteiger charge is -2.20. The van der Waals surface area contributed by atoms with E-state index in [-0.39, 0.29) is 24.0 Å². The van der Waals surface area contributed by atoms with E-state index in [1.165, 1.54) is 24.9 Å². The summed E-state index contributed by atoms with van der Waals surface area (Å²) in [5.74, 6) is 0.539. The van der Waals surface area contributed by atoms with E-state index in [2.05, 4.69) is 27.2 Å². The molecule has 0 aromatic carbocycles. The molecule has 6 nitrogen and oxygen atoms in total. The molecule has 1 aromatic heterocycles. The number of hydrogen-bond donors (Lipinski definition) is 2. The second-order valence-corrected chi connectivity index (χ2v) is 5.36. The number of nitrogens with one attached hydrogen (secondary N) is 1. The van der Waals surface area contributed by atoms with Crippen LogP contribution in [0.4, 0.5) is 0 Å². The predicted octanol–water partition coefficient (Wildman–Crippen LogP) is 1.20. The number of aliphatic imine (C=N–C) groups is 1. The third kappa shape index (κ3) is 5.82. The highest BCUT2D eigenvalue weighted by Gasteiger charge is 2.22. The van der Waals surface area contributed by atoms with Crippen LogP contribution in [0.5, 0.6) is 0 Å². The first-order chi connectivity index (χ1) is 9.69. The second kappa shape index (κ2) is 9.24. The average Bonchev–Trinajstić information content (AvgIpc) is 3.05. The minimum atomic E-state index is 0. The molecule has 0 saturated carbocycles. The first-order valence-electron chi connectivity index (χ1n) is 7.46. The maximum atomic E-state index is 5.90. The minimum absolute atomic E-state index is 0. The molecule has 1 aliphatic heterocycles. The molecule has 0 bridgehead atoms. The maximum absolute atomic E-state index is 5.90. The van der Waals surface area contributed by atoms with Crippen LogP contribution in [0.25, 0.3) is 0 Å². The van der Waals surface area contributed by atoms with E-state index in [0.717, 1.165) is 26.2 Å². The number of guanidine groups is 1. The van der Waals surface area contributed by atoms with Gasteiger partial charge in [-0.3, -0.25) is 14.6 Å². The van der Waals surface area contributed by atoms with Crippen LogP contribution >= 0.6 is 24.0 Å². The molecule has 3 N–H and O–H groups in total. The Morgan fingerprint density at radius 2 is 2.38 bits per heavy atom. The van der Waals surface area contributed by atoms with E-state index in [4.69, 9.17) is 5.73 Å².